The topological polar surface area (TPSA) is 84.1 Å². The molecule has 0 aliphatic heterocycles. The van der Waals surface area contributed by atoms with Crippen molar-refractivity contribution in [1.29, 1.82) is 0 Å². The SMILES string of the molecule is C=C(C)C(=O)OC(CC)c1nc2ccc(NC=O)cc2[nH]1. The molecule has 2 N–H and O–H groups in total. The van der Waals surface area contributed by atoms with E-state index in [2.05, 4.69) is 21.9 Å². The van der Waals surface area contributed by atoms with Crippen LogP contribution in [0.1, 0.15) is 32.2 Å². The largest absolute Gasteiger partial charge is 0.451 e. The van der Waals surface area contributed by atoms with Gasteiger partial charge in [0.05, 0.1) is 11.0 Å². The molecular formula is C15H17N3O3. The first-order valence-corrected chi connectivity index (χ1v) is 6.61. The van der Waals surface area contributed by atoms with E-state index in [0.717, 1.165) is 11.0 Å². The summed E-state index contributed by atoms with van der Waals surface area (Å²) in [6, 6.07) is 5.31. The Balaban J connectivity index is 2.29. The molecule has 0 aliphatic rings. The van der Waals surface area contributed by atoms with Crippen LogP contribution in [-0.4, -0.2) is 22.3 Å². The number of H-pyrrole nitrogens is 1. The number of ether oxygens (including phenoxy) is 1. The Kier molecular flexibility index (Phi) is 4.37. The highest BCUT2D eigenvalue weighted by molar-refractivity contribution is 5.87. The van der Waals surface area contributed by atoms with Crippen LogP contribution in [0.4, 0.5) is 5.69 Å². The Bertz CT molecular complexity index is 691. The van der Waals surface area contributed by atoms with Crippen molar-refractivity contribution in [3.8, 4) is 0 Å². The van der Waals surface area contributed by atoms with Gasteiger partial charge in [-0.25, -0.2) is 9.78 Å². The minimum absolute atomic E-state index is 0.349. The van der Waals surface area contributed by atoms with Crippen molar-refractivity contribution in [2.45, 2.75) is 26.4 Å². The van der Waals surface area contributed by atoms with Crippen LogP contribution in [0.3, 0.4) is 0 Å². The fraction of sp³-hybridized carbons (Fsp3) is 0.267. The van der Waals surface area contributed by atoms with Gasteiger partial charge in [0, 0.05) is 11.3 Å². The molecule has 1 heterocycles. The summed E-state index contributed by atoms with van der Waals surface area (Å²) in [6.45, 7) is 7.07. The van der Waals surface area contributed by atoms with Gasteiger partial charge in [0.15, 0.2) is 6.10 Å². The lowest BCUT2D eigenvalue weighted by molar-refractivity contribution is -0.145. The van der Waals surface area contributed by atoms with Crippen LogP contribution < -0.4 is 5.32 Å². The summed E-state index contributed by atoms with van der Waals surface area (Å²) < 4.78 is 5.35. The summed E-state index contributed by atoms with van der Waals surface area (Å²) in [4.78, 5) is 29.6. The summed E-state index contributed by atoms with van der Waals surface area (Å²) in [5, 5.41) is 2.57. The van der Waals surface area contributed by atoms with Crippen LogP contribution in [0.15, 0.2) is 30.4 Å². The number of rotatable bonds is 6. The third-order valence-electron chi connectivity index (χ3n) is 3.00. The third-order valence-corrected chi connectivity index (χ3v) is 3.00. The molecule has 0 aliphatic carbocycles. The van der Waals surface area contributed by atoms with Gasteiger partial charge < -0.3 is 15.0 Å². The second kappa shape index (κ2) is 6.21. The van der Waals surface area contributed by atoms with Crippen LogP contribution in [-0.2, 0) is 14.3 Å². The fourth-order valence-corrected chi connectivity index (χ4v) is 1.90. The number of aromatic nitrogens is 2. The number of fused-ring (bicyclic) bond motifs is 1. The molecule has 2 aromatic rings. The molecule has 1 atom stereocenters. The van der Waals surface area contributed by atoms with Crippen molar-refractivity contribution in [3.05, 3.63) is 36.2 Å². The number of benzene rings is 1. The van der Waals surface area contributed by atoms with E-state index < -0.39 is 12.1 Å². The zero-order valence-corrected chi connectivity index (χ0v) is 12.0. The fourth-order valence-electron chi connectivity index (χ4n) is 1.90. The maximum atomic E-state index is 11.6. The Morgan fingerprint density at radius 2 is 2.33 bits per heavy atom. The average molecular weight is 287 g/mol. The molecule has 0 radical (unpaired) electrons. The molecule has 0 bridgehead atoms. The number of aromatic amines is 1. The van der Waals surface area contributed by atoms with Crippen molar-refractivity contribution in [3.63, 3.8) is 0 Å². The lowest BCUT2D eigenvalue weighted by atomic mass is 10.2. The summed E-state index contributed by atoms with van der Waals surface area (Å²) in [5.74, 6) is 0.135. The van der Waals surface area contributed by atoms with Gasteiger partial charge in [-0.3, -0.25) is 4.79 Å². The second-order valence-electron chi connectivity index (χ2n) is 4.70. The van der Waals surface area contributed by atoms with E-state index in [-0.39, 0.29) is 0 Å². The highest BCUT2D eigenvalue weighted by atomic mass is 16.5. The van der Waals surface area contributed by atoms with Crippen molar-refractivity contribution in [2.75, 3.05) is 5.32 Å². The minimum Gasteiger partial charge on any atom is -0.451 e. The van der Waals surface area contributed by atoms with E-state index in [1.165, 1.54) is 0 Å². The monoisotopic (exact) mass is 287 g/mol. The number of carbonyl (C=O) groups is 2. The average Bonchev–Trinajstić information content (AvgIpc) is 2.87. The van der Waals surface area contributed by atoms with Crippen molar-refractivity contribution >= 4 is 29.1 Å². The Morgan fingerprint density at radius 3 is 2.95 bits per heavy atom. The molecule has 1 aromatic heterocycles. The lowest BCUT2D eigenvalue weighted by Gasteiger charge is -2.13. The van der Waals surface area contributed by atoms with Gasteiger partial charge in [0.1, 0.15) is 5.82 Å². The number of anilines is 1. The number of amides is 1. The first kappa shape index (κ1) is 14.8. The second-order valence-corrected chi connectivity index (χ2v) is 4.70. The summed E-state index contributed by atoms with van der Waals surface area (Å²) in [7, 11) is 0. The van der Waals surface area contributed by atoms with Gasteiger partial charge in [-0.2, -0.15) is 0 Å². The zero-order chi connectivity index (χ0) is 15.4. The van der Waals surface area contributed by atoms with E-state index in [4.69, 9.17) is 4.74 Å². The Hall–Kier alpha value is -2.63. The molecule has 1 amide bonds. The predicted molar refractivity (Wildman–Crippen MR) is 79.7 cm³/mol. The van der Waals surface area contributed by atoms with E-state index in [0.29, 0.717) is 29.9 Å². The van der Waals surface area contributed by atoms with Crippen LogP contribution in [0.2, 0.25) is 0 Å². The first-order valence-electron chi connectivity index (χ1n) is 6.61. The molecule has 1 aromatic carbocycles. The van der Waals surface area contributed by atoms with Crippen molar-refractivity contribution < 1.29 is 14.3 Å². The van der Waals surface area contributed by atoms with Gasteiger partial charge in [-0.15, -0.1) is 0 Å². The van der Waals surface area contributed by atoms with Gasteiger partial charge in [0.2, 0.25) is 6.41 Å². The number of nitrogens with one attached hydrogen (secondary N) is 2. The molecular weight excluding hydrogens is 270 g/mol. The smallest absolute Gasteiger partial charge is 0.333 e. The van der Waals surface area contributed by atoms with E-state index in [1.807, 2.05) is 6.92 Å². The first-order chi connectivity index (χ1) is 10.0. The van der Waals surface area contributed by atoms with E-state index in [9.17, 15) is 9.59 Å². The molecule has 0 spiro atoms. The predicted octanol–water partition coefficient (Wildman–Crippen LogP) is 2.70. The van der Waals surface area contributed by atoms with Gasteiger partial charge >= 0.3 is 5.97 Å². The number of nitrogens with zero attached hydrogens (tertiary/aromatic N) is 1. The quantitative estimate of drug-likeness (QED) is 0.486. The molecule has 1 unspecified atom stereocenters. The van der Waals surface area contributed by atoms with Crippen molar-refractivity contribution in [2.24, 2.45) is 0 Å². The zero-order valence-electron chi connectivity index (χ0n) is 12.0. The van der Waals surface area contributed by atoms with E-state index >= 15 is 0 Å². The molecule has 2 rings (SSSR count). The van der Waals surface area contributed by atoms with Crippen LogP contribution in [0.5, 0.6) is 0 Å². The number of esters is 1. The number of hydrogen-bond donors (Lipinski definition) is 2. The maximum absolute atomic E-state index is 11.6. The van der Waals surface area contributed by atoms with Crippen LogP contribution in [0.25, 0.3) is 11.0 Å². The molecule has 0 fully saturated rings. The lowest BCUT2D eigenvalue weighted by Crippen LogP contribution is -2.12. The number of carbonyl (C=O) groups excluding carboxylic acids is 2. The molecule has 6 nitrogen and oxygen atoms in total. The Labute approximate surface area is 122 Å². The summed E-state index contributed by atoms with van der Waals surface area (Å²) in [5.41, 5.74) is 2.52. The molecule has 0 saturated heterocycles. The van der Waals surface area contributed by atoms with Gasteiger partial charge in [-0.1, -0.05) is 13.5 Å². The van der Waals surface area contributed by atoms with Crippen LogP contribution >= 0.6 is 0 Å². The summed E-state index contributed by atoms with van der Waals surface area (Å²) >= 11 is 0. The molecule has 0 saturated carbocycles. The van der Waals surface area contributed by atoms with Gasteiger partial charge in [-0.05, 0) is 31.5 Å². The van der Waals surface area contributed by atoms with Crippen LogP contribution in [0, 0.1) is 0 Å². The normalized spacial score (nSPS) is 11.9. The third kappa shape index (κ3) is 3.28. The molecule has 110 valence electrons. The molecule has 6 heteroatoms. The maximum Gasteiger partial charge on any atom is 0.333 e. The standard InChI is InChI=1S/C15H17N3O3/c1-4-13(21-15(20)9(2)3)14-17-11-6-5-10(16-8-19)7-12(11)18-14/h5-8,13H,2,4H2,1,3H3,(H,16,19)(H,17,18). The number of imidazole rings is 1. The van der Waals surface area contributed by atoms with E-state index in [1.54, 1.807) is 25.1 Å². The number of hydrogen-bond acceptors (Lipinski definition) is 4. The van der Waals surface area contributed by atoms with Crippen molar-refractivity contribution in [1.82, 2.24) is 9.97 Å². The highest BCUT2D eigenvalue weighted by Crippen LogP contribution is 2.24. The highest BCUT2D eigenvalue weighted by Gasteiger charge is 2.19. The minimum atomic E-state index is -0.455. The Morgan fingerprint density at radius 1 is 1.57 bits per heavy atom. The molecule has 21 heavy (non-hydrogen) atoms. The van der Waals surface area contributed by atoms with Gasteiger partial charge in [0.25, 0.3) is 0 Å². The summed E-state index contributed by atoms with van der Waals surface area (Å²) in [6.07, 6.45) is 0.754.